The molecule has 4 rings (SSSR count). The molecule has 0 radical (unpaired) electrons. The van der Waals surface area contributed by atoms with Crippen molar-refractivity contribution in [1.29, 1.82) is 0 Å². The minimum atomic E-state index is 0.239. The molecule has 0 amide bonds. The quantitative estimate of drug-likeness (QED) is 0.843. The van der Waals surface area contributed by atoms with Crippen molar-refractivity contribution in [3.63, 3.8) is 0 Å². The number of phenols is 2. The highest BCUT2D eigenvalue weighted by molar-refractivity contribution is 5.46. The summed E-state index contributed by atoms with van der Waals surface area (Å²) in [7, 11) is 0. The van der Waals surface area contributed by atoms with Crippen LogP contribution in [-0.2, 0) is 6.42 Å². The first kappa shape index (κ1) is 15.4. The van der Waals surface area contributed by atoms with Crippen molar-refractivity contribution in [3.8, 4) is 17.2 Å². The minimum absolute atomic E-state index is 0.239. The van der Waals surface area contributed by atoms with E-state index in [1.165, 1.54) is 24.8 Å². The molecule has 2 aromatic rings. The van der Waals surface area contributed by atoms with Gasteiger partial charge < -0.3 is 14.9 Å². The maximum absolute atomic E-state index is 9.89. The average Bonchev–Trinajstić information content (AvgIpc) is 3.06. The standard InChI is InChI=1S/C21H24O3/c1-13-11-21-15(12-19(13)23)7-10-20(24-21)18-4-2-3-17(18)14-5-8-16(22)9-6-14/h5-6,8-9,11-12,17-18,20,22-23H,2-4,7,10H2,1H3/t17?,18?,20-/m0/s1. The summed E-state index contributed by atoms with van der Waals surface area (Å²) in [5.41, 5.74) is 3.30. The lowest BCUT2D eigenvalue weighted by Gasteiger charge is -2.34. The molecule has 0 aromatic heterocycles. The molecule has 1 saturated carbocycles. The fraction of sp³-hybridized carbons (Fsp3) is 0.429. The van der Waals surface area contributed by atoms with Gasteiger partial charge in [0.2, 0.25) is 0 Å². The molecule has 2 unspecified atom stereocenters. The van der Waals surface area contributed by atoms with Gasteiger partial charge >= 0.3 is 0 Å². The molecule has 2 N–H and O–H groups in total. The van der Waals surface area contributed by atoms with Crippen LogP contribution in [0.2, 0.25) is 0 Å². The lowest BCUT2D eigenvalue weighted by molar-refractivity contribution is 0.104. The van der Waals surface area contributed by atoms with Crippen molar-refractivity contribution in [2.75, 3.05) is 0 Å². The SMILES string of the molecule is Cc1cc2c(cc1O)CC[C@@H](C1CCCC1c1ccc(O)cc1)O2. The van der Waals surface area contributed by atoms with Gasteiger partial charge in [-0.1, -0.05) is 18.6 Å². The molecule has 0 bridgehead atoms. The van der Waals surface area contributed by atoms with Gasteiger partial charge in [0.05, 0.1) is 0 Å². The van der Waals surface area contributed by atoms with Crippen LogP contribution in [-0.4, -0.2) is 16.3 Å². The van der Waals surface area contributed by atoms with Crippen molar-refractivity contribution < 1.29 is 14.9 Å². The highest BCUT2D eigenvalue weighted by atomic mass is 16.5. The van der Waals surface area contributed by atoms with Crippen LogP contribution in [0.15, 0.2) is 36.4 Å². The lowest BCUT2D eigenvalue weighted by Crippen LogP contribution is -2.32. The Morgan fingerprint density at radius 3 is 2.58 bits per heavy atom. The van der Waals surface area contributed by atoms with Crippen LogP contribution in [0.25, 0.3) is 0 Å². The normalized spacial score (nSPS) is 26.0. The Morgan fingerprint density at radius 2 is 1.79 bits per heavy atom. The van der Waals surface area contributed by atoms with E-state index in [1.54, 1.807) is 12.1 Å². The third kappa shape index (κ3) is 2.72. The van der Waals surface area contributed by atoms with Crippen LogP contribution in [0.5, 0.6) is 17.2 Å². The molecule has 0 saturated heterocycles. The second-order valence-corrected chi connectivity index (χ2v) is 7.23. The van der Waals surface area contributed by atoms with E-state index in [4.69, 9.17) is 4.74 Å². The number of rotatable bonds is 2. The molecule has 1 aliphatic carbocycles. The highest BCUT2D eigenvalue weighted by Crippen LogP contribution is 2.46. The van der Waals surface area contributed by atoms with Gasteiger partial charge in [0.15, 0.2) is 0 Å². The van der Waals surface area contributed by atoms with Crippen LogP contribution in [0.1, 0.15) is 48.3 Å². The van der Waals surface area contributed by atoms with E-state index in [0.717, 1.165) is 29.7 Å². The molecule has 1 heterocycles. The molecule has 3 atom stereocenters. The first-order chi connectivity index (χ1) is 11.6. The molecular weight excluding hydrogens is 300 g/mol. The third-order valence-corrected chi connectivity index (χ3v) is 5.72. The van der Waals surface area contributed by atoms with Gasteiger partial charge in [-0.2, -0.15) is 0 Å². The summed E-state index contributed by atoms with van der Waals surface area (Å²) in [6.45, 7) is 1.91. The molecular formula is C21H24O3. The predicted molar refractivity (Wildman–Crippen MR) is 93.8 cm³/mol. The second-order valence-electron chi connectivity index (χ2n) is 7.23. The van der Waals surface area contributed by atoms with Gasteiger partial charge in [-0.15, -0.1) is 0 Å². The number of benzene rings is 2. The number of phenolic OH excluding ortho intramolecular Hbond substituents is 2. The second kappa shape index (κ2) is 6.04. The number of ether oxygens (including phenoxy) is 1. The Balaban J connectivity index is 1.57. The minimum Gasteiger partial charge on any atom is -0.508 e. The summed E-state index contributed by atoms with van der Waals surface area (Å²) >= 11 is 0. The number of hydrogen-bond acceptors (Lipinski definition) is 3. The fourth-order valence-electron chi connectivity index (χ4n) is 4.41. The molecule has 3 heteroatoms. The van der Waals surface area contributed by atoms with E-state index in [-0.39, 0.29) is 6.10 Å². The summed E-state index contributed by atoms with van der Waals surface area (Å²) in [5.74, 6) is 2.66. The zero-order chi connectivity index (χ0) is 16.7. The van der Waals surface area contributed by atoms with Crippen molar-refractivity contribution in [3.05, 3.63) is 53.1 Å². The number of hydrogen-bond donors (Lipinski definition) is 2. The zero-order valence-electron chi connectivity index (χ0n) is 14.0. The molecule has 3 nitrogen and oxygen atoms in total. The van der Waals surface area contributed by atoms with Gasteiger partial charge in [-0.05, 0) is 79.5 Å². The monoisotopic (exact) mass is 324 g/mol. The molecule has 126 valence electrons. The van der Waals surface area contributed by atoms with E-state index >= 15 is 0 Å². The molecule has 1 fully saturated rings. The highest BCUT2D eigenvalue weighted by Gasteiger charge is 2.37. The molecule has 24 heavy (non-hydrogen) atoms. The Morgan fingerprint density at radius 1 is 1.00 bits per heavy atom. The van der Waals surface area contributed by atoms with Crippen LogP contribution in [0.3, 0.4) is 0 Å². The first-order valence-electron chi connectivity index (χ1n) is 8.90. The van der Waals surface area contributed by atoms with Crippen molar-refractivity contribution in [1.82, 2.24) is 0 Å². The molecule has 1 aliphatic heterocycles. The van der Waals surface area contributed by atoms with Gasteiger partial charge in [0.1, 0.15) is 23.4 Å². The van der Waals surface area contributed by atoms with Crippen LogP contribution in [0, 0.1) is 12.8 Å². The summed E-state index contributed by atoms with van der Waals surface area (Å²) < 4.78 is 6.37. The largest absolute Gasteiger partial charge is 0.508 e. The summed E-state index contributed by atoms with van der Waals surface area (Å²) in [6, 6.07) is 11.5. The van der Waals surface area contributed by atoms with E-state index < -0.39 is 0 Å². The predicted octanol–water partition coefficient (Wildman–Crippen LogP) is 4.68. The van der Waals surface area contributed by atoms with E-state index in [1.807, 2.05) is 19.1 Å². The Hall–Kier alpha value is -2.16. The lowest BCUT2D eigenvalue weighted by atomic mass is 9.82. The average molecular weight is 324 g/mol. The van der Waals surface area contributed by atoms with Gasteiger partial charge in [0, 0.05) is 5.92 Å². The Bertz CT molecular complexity index is 735. The van der Waals surface area contributed by atoms with Crippen molar-refractivity contribution in [2.45, 2.75) is 51.0 Å². The van der Waals surface area contributed by atoms with E-state index in [9.17, 15) is 10.2 Å². The van der Waals surface area contributed by atoms with Crippen LogP contribution in [0.4, 0.5) is 0 Å². The number of aromatic hydroxyl groups is 2. The maximum atomic E-state index is 9.89. The van der Waals surface area contributed by atoms with Gasteiger partial charge in [-0.3, -0.25) is 0 Å². The molecule has 2 aliphatic rings. The topological polar surface area (TPSA) is 49.7 Å². The van der Waals surface area contributed by atoms with Crippen LogP contribution >= 0.6 is 0 Å². The first-order valence-corrected chi connectivity index (χ1v) is 8.90. The van der Waals surface area contributed by atoms with Gasteiger partial charge in [0.25, 0.3) is 0 Å². The smallest absolute Gasteiger partial charge is 0.123 e. The fourth-order valence-corrected chi connectivity index (χ4v) is 4.41. The van der Waals surface area contributed by atoms with E-state index in [0.29, 0.717) is 23.3 Å². The maximum Gasteiger partial charge on any atom is 0.123 e. The summed E-state index contributed by atoms with van der Waals surface area (Å²) in [5, 5.41) is 19.4. The van der Waals surface area contributed by atoms with Gasteiger partial charge in [-0.25, -0.2) is 0 Å². The van der Waals surface area contributed by atoms with Crippen LogP contribution < -0.4 is 4.74 Å². The Labute approximate surface area is 142 Å². The van der Waals surface area contributed by atoms with Crippen molar-refractivity contribution >= 4 is 0 Å². The third-order valence-electron chi connectivity index (χ3n) is 5.72. The summed E-state index contributed by atoms with van der Waals surface area (Å²) in [4.78, 5) is 0. The zero-order valence-corrected chi connectivity index (χ0v) is 14.0. The molecule has 2 aromatic carbocycles. The van der Waals surface area contributed by atoms with E-state index in [2.05, 4.69) is 12.1 Å². The number of aryl methyl sites for hydroxylation is 2. The summed E-state index contributed by atoms with van der Waals surface area (Å²) in [6.07, 6.45) is 5.83. The number of fused-ring (bicyclic) bond motifs is 1. The van der Waals surface area contributed by atoms with Crippen molar-refractivity contribution in [2.24, 2.45) is 5.92 Å². The Kier molecular flexibility index (Phi) is 3.87. The molecule has 0 spiro atoms.